The van der Waals surface area contributed by atoms with Crippen molar-refractivity contribution in [1.29, 1.82) is 0 Å². The molecule has 0 aliphatic rings. The predicted molar refractivity (Wildman–Crippen MR) is 145 cm³/mol. The van der Waals surface area contributed by atoms with E-state index in [1.165, 1.54) is 6.33 Å². The molecule has 0 amide bonds. The van der Waals surface area contributed by atoms with Gasteiger partial charge in [-0.3, -0.25) is 13.9 Å². The maximum atomic E-state index is 12.7. The second-order valence-electron chi connectivity index (χ2n) is 9.40. The highest BCUT2D eigenvalue weighted by molar-refractivity contribution is 5.92. The van der Waals surface area contributed by atoms with Gasteiger partial charge in [-0.2, -0.15) is 5.10 Å². The fourth-order valence-electron chi connectivity index (χ4n) is 4.38. The van der Waals surface area contributed by atoms with Crippen LogP contribution in [0.25, 0.3) is 16.6 Å². The molecule has 11 nitrogen and oxygen atoms in total. The Morgan fingerprint density at radius 3 is 2.69 bits per heavy atom. The molecule has 0 aliphatic heterocycles. The van der Waals surface area contributed by atoms with Gasteiger partial charge in [-0.25, -0.2) is 15.0 Å². The molecule has 4 heterocycles. The molecule has 4 aromatic heterocycles. The van der Waals surface area contributed by atoms with Crippen molar-refractivity contribution < 1.29 is 9.53 Å². The molecule has 0 saturated heterocycles. The number of aryl methyl sites for hydroxylation is 3. The van der Waals surface area contributed by atoms with E-state index in [2.05, 4.69) is 35.6 Å². The molecule has 0 radical (unpaired) electrons. The summed E-state index contributed by atoms with van der Waals surface area (Å²) in [6.07, 6.45) is 5.32. The molecule has 0 fully saturated rings. The summed E-state index contributed by atoms with van der Waals surface area (Å²) >= 11 is 0. The molecule has 39 heavy (non-hydrogen) atoms. The van der Waals surface area contributed by atoms with Crippen molar-refractivity contribution in [2.45, 2.75) is 26.7 Å². The van der Waals surface area contributed by atoms with Crippen LogP contribution in [-0.4, -0.2) is 45.1 Å². The monoisotopic (exact) mass is 519 g/mol. The molecule has 11 heteroatoms. The first-order valence-electron chi connectivity index (χ1n) is 12.4. The van der Waals surface area contributed by atoms with Crippen molar-refractivity contribution in [1.82, 2.24) is 39.3 Å². The molecular formula is C28H25N9O2. The van der Waals surface area contributed by atoms with Crippen LogP contribution < -0.4 is 10.1 Å². The number of anilines is 2. The van der Waals surface area contributed by atoms with Crippen LogP contribution in [0.2, 0.25) is 0 Å². The average Bonchev–Trinajstić information content (AvgIpc) is 3.50. The van der Waals surface area contributed by atoms with Gasteiger partial charge < -0.3 is 10.1 Å². The molecule has 0 unspecified atom stereocenters. The smallest absolute Gasteiger partial charge is 0.224 e. The summed E-state index contributed by atoms with van der Waals surface area (Å²) in [6.45, 7) is 3.93. The number of Topliss-reactive ketones (excluding diaryl/α,β-unsaturated/α-hetero) is 1. The molecule has 2 aromatic carbocycles. The number of nitrogens with one attached hydrogen (secondary N) is 1. The van der Waals surface area contributed by atoms with Crippen LogP contribution in [0.4, 0.5) is 11.5 Å². The summed E-state index contributed by atoms with van der Waals surface area (Å²) < 4.78 is 9.47. The first-order chi connectivity index (χ1) is 18.9. The third-order valence-corrected chi connectivity index (χ3v) is 6.46. The number of benzene rings is 2. The highest BCUT2D eigenvalue weighted by Gasteiger charge is 2.12. The Morgan fingerprint density at radius 2 is 1.87 bits per heavy atom. The molecule has 0 atom stereocenters. The van der Waals surface area contributed by atoms with E-state index in [0.717, 1.165) is 39.1 Å². The quantitative estimate of drug-likeness (QED) is 0.313. The molecule has 0 spiro atoms. The zero-order valence-electron chi connectivity index (χ0n) is 21.7. The summed E-state index contributed by atoms with van der Waals surface area (Å²) in [5.41, 5.74) is 5.90. The summed E-state index contributed by atoms with van der Waals surface area (Å²) in [7, 11) is 1.88. The van der Waals surface area contributed by atoms with Crippen LogP contribution in [0.5, 0.6) is 11.6 Å². The number of aromatic nitrogens is 8. The second kappa shape index (κ2) is 9.93. The van der Waals surface area contributed by atoms with Gasteiger partial charge in [0, 0.05) is 36.3 Å². The van der Waals surface area contributed by atoms with E-state index in [9.17, 15) is 4.79 Å². The van der Waals surface area contributed by atoms with Crippen LogP contribution in [0.15, 0.2) is 67.5 Å². The average molecular weight is 520 g/mol. The van der Waals surface area contributed by atoms with Crippen LogP contribution in [-0.2, 0) is 24.7 Å². The highest BCUT2D eigenvalue weighted by Crippen LogP contribution is 2.29. The van der Waals surface area contributed by atoms with Gasteiger partial charge in [0.1, 0.15) is 36.3 Å². The highest BCUT2D eigenvalue weighted by atomic mass is 16.5. The minimum atomic E-state index is 0.0997. The van der Waals surface area contributed by atoms with Crippen LogP contribution in [0, 0.1) is 13.8 Å². The Kier molecular flexibility index (Phi) is 6.16. The van der Waals surface area contributed by atoms with Gasteiger partial charge >= 0.3 is 0 Å². The van der Waals surface area contributed by atoms with Crippen molar-refractivity contribution in [3.63, 3.8) is 0 Å². The zero-order valence-corrected chi connectivity index (χ0v) is 21.7. The van der Waals surface area contributed by atoms with Gasteiger partial charge in [0.15, 0.2) is 5.65 Å². The topological polar surface area (TPSA) is 125 Å². The molecule has 6 rings (SSSR count). The van der Waals surface area contributed by atoms with Crippen molar-refractivity contribution in [2.24, 2.45) is 7.05 Å². The first-order valence-corrected chi connectivity index (χ1v) is 12.4. The summed E-state index contributed by atoms with van der Waals surface area (Å²) in [6, 6.07) is 15.2. The van der Waals surface area contributed by atoms with Gasteiger partial charge in [0.25, 0.3) is 0 Å². The molecule has 0 bridgehead atoms. The Bertz CT molecular complexity index is 1820. The third kappa shape index (κ3) is 5.14. The number of nitrogens with zero attached hydrogens (tertiary/aromatic N) is 8. The lowest BCUT2D eigenvalue weighted by atomic mass is 10.0. The first kappa shape index (κ1) is 24.2. The second-order valence-corrected chi connectivity index (χ2v) is 9.40. The third-order valence-electron chi connectivity index (χ3n) is 6.46. The number of hydrogen-bond donors (Lipinski definition) is 1. The minimum absolute atomic E-state index is 0.0997. The van der Waals surface area contributed by atoms with Gasteiger partial charge in [-0.05, 0) is 61.4 Å². The Morgan fingerprint density at radius 1 is 0.974 bits per heavy atom. The normalized spacial score (nSPS) is 11.3. The van der Waals surface area contributed by atoms with E-state index in [0.29, 0.717) is 35.9 Å². The SMILES string of the molecule is Cc1cc(Nc2ncnc3ccc(CC(=O)Cc4cc(C)n(C)n4)cc23)ccc1Oc1cc2nncn2cn1. The van der Waals surface area contributed by atoms with E-state index in [4.69, 9.17) is 4.74 Å². The summed E-state index contributed by atoms with van der Waals surface area (Å²) in [5.74, 6) is 1.86. The van der Waals surface area contributed by atoms with Crippen molar-refractivity contribution in [3.05, 3.63) is 90.0 Å². The van der Waals surface area contributed by atoms with Crippen molar-refractivity contribution in [2.75, 3.05) is 5.32 Å². The van der Waals surface area contributed by atoms with Gasteiger partial charge in [-0.15, -0.1) is 10.2 Å². The fourth-order valence-corrected chi connectivity index (χ4v) is 4.38. The maximum absolute atomic E-state index is 12.7. The van der Waals surface area contributed by atoms with Crippen molar-refractivity contribution in [3.8, 4) is 11.6 Å². The van der Waals surface area contributed by atoms with Gasteiger partial charge in [-0.1, -0.05) is 6.07 Å². The Labute approximate surface area is 223 Å². The number of rotatable bonds is 8. The lowest BCUT2D eigenvalue weighted by Gasteiger charge is -2.12. The van der Waals surface area contributed by atoms with E-state index in [-0.39, 0.29) is 5.78 Å². The van der Waals surface area contributed by atoms with Crippen molar-refractivity contribution >= 4 is 33.8 Å². The molecule has 6 aromatic rings. The van der Waals surface area contributed by atoms with Gasteiger partial charge in [0.05, 0.1) is 17.6 Å². The summed E-state index contributed by atoms with van der Waals surface area (Å²) in [4.78, 5) is 25.9. The number of fused-ring (bicyclic) bond motifs is 2. The Hall–Kier alpha value is -5.19. The van der Waals surface area contributed by atoms with Crippen LogP contribution in [0.1, 0.15) is 22.5 Å². The molecular weight excluding hydrogens is 494 g/mol. The fraction of sp³-hybridized carbons (Fsp3) is 0.179. The molecule has 0 saturated carbocycles. The number of ketones is 1. The van der Waals surface area contributed by atoms with Gasteiger partial charge in [0.2, 0.25) is 5.88 Å². The zero-order chi connectivity index (χ0) is 26.9. The molecule has 194 valence electrons. The number of carbonyl (C=O) groups excluding carboxylic acids is 1. The Balaban J connectivity index is 1.19. The van der Waals surface area contributed by atoms with Crippen LogP contribution in [0.3, 0.4) is 0 Å². The number of carbonyl (C=O) groups is 1. The minimum Gasteiger partial charge on any atom is -0.439 e. The van der Waals surface area contributed by atoms with E-state index in [1.54, 1.807) is 27.8 Å². The lowest BCUT2D eigenvalue weighted by molar-refractivity contribution is -0.117. The van der Waals surface area contributed by atoms with E-state index >= 15 is 0 Å². The predicted octanol–water partition coefficient (Wildman–Crippen LogP) is 4.31. The lowest BCUT2D eigenvalue weighted by Crippen LogP contribution is -2.07. The standard InChI is InChI=1S/C28H25N9O2/c1-17-8-20(5-7-25(17)39-27-13-26-34-32-16-37(26)15-31-27)33-28-23-11-19(4-6-24(23)29-14-30-28)10-22(38)12-21-9-18(2)36(3)35-21/h4-9,11,13-16H,10,12H2,1-3H3,(H,29,30,33). The summed E-state index contributed by atoms with van der Waals surface area (Å²) in [5, 5.41) is 16.5. The van der Waals surface area contributed by atoms with E-state index in [1.807, 2.05) is 63.4 Å². The maximum Gasteiger partial charge on any atom is 0.224 e. The molecule has 0 aliphatic carbocycles. The van der Waals surface area contributed by atoms with E-state index < -0.39 is 0 Å². The number of ether oxygens (including phenoxy) is 1. The largest absolute Gasteiger partial charge is 0.439 e. The number of hydrogen-bond acceptors (Lipinski definition) is 9. The van der Waals surface area contributed by atoms with Crippen LogP contribution >= 0.6 is 0 Å². The molecule has 1 N–H and O–H groups in total.